The highest BCUT2D eigenvalue weighted by Gasteiger charge is 2.05. The SMILES string of the molecule is CCCNC(=O)c1cccc(CN=C(NCC)NCCCOC)c1.I. The molecule has 0 spiro atoms. The highest BCUT2D eigenvalue weighted by molar-refractivity contribution is 14.0. The van der Waals surface area contributed by atoms with E-state index in [0.29, 0.717) is 18.7 Å². The van der Waals surface area contributed by atoms with Gasteiger partial charge in [0.1, 0.15) is 0 Å². The predicted octanol–water partition coefficient (Wildman–Crippen LogP) is 2.54. The molecular formula is C18H31IN4O2. The molecule has 0 bridgehead atoms. The number of aliphatic imine (C=N–C) groups is 1. The van der Waals surface area contributed by atoms with Crippen LogP contribution >= 0.6 is 24.0 Å². The lowest BCUT2D eigenvalue weighted by atomic mass is 10.1. The van der Waals surface area contributed by atoms with Crippen LogP contribution in [0, 0.1) is 0 Å². The van der Waals surface area contributed by atoms with Gasteiger partial charge in [-0.05, 0) is 37.5 Å². The summed E-state index contributed by atoms with van der Waals surface area (Å²) in [6.07, 6.45) is 1.85. The van der Waals surface area contributed by atoms with Crippen LogP contribution in [0.2, 0.25) is 0 Å². The van der Waals surface area contributed by atoms with Crippen LogP contribution in [0.4, 0.5) is 0 Å². The lowest BCUT2D eigenvalue weighted by Gasteiger charge is -2.11. The van der Waals surface area contributed by atoms with E-state index in [0.717, 1.165) is 44.1 Å². The summed E-state index contributed by atoms with van der Waals surface area (Å²) in [6, 6.07) is 7.59. The average molecular weight is 462 g/mol. The molecule has 142 valence electrons. The molecule has 0 aromatic heterocycles. The van der Waals surface area contributed by atoms with Crippen molar-refractivity contribution in [2.75, 3.05) is 33.4 Å². The van der Waals surface area contributed by atoms with Crippen LogP contribution in [-0.4, -0.2) is 45.2 Å². The maximum absolute atomic E-state index is 12.0. The zero-order chi connectivity index (χ0) is 17.6. The number of hydrogen-bond donors (Lipinski definition) is 3. The first kappa shape index (κ1) is 23.6. The van der Waals surface area contributed by atoms with Crippen LogP contribution < -0.4 is 16.0 Å². The normalized spacial score (nSPS) is 10.8. The smallest absolute Gasteiger partial charge is 0.251 e. The molecule has 0 aliphatic heterocycles. The highest BCUT2D eigenvalue weighted by Crippen LogP contribution is 2.07. The first-order valence-corrected chi connectivity index (χ1v) is 8.59. The molecule has 7 heteroatoms. The van der Waals surface area contributed by atoms with Crippen molar-refractivity contribution in [3.05, 3.63) is 35.4 Å². The Hall–Kier alpha value is -1.35. The van der Waals surface area contributed by atoms with E-state index in [1.807, 2.05) is 38.1 Å². The van der Waals surface area contributed by atoms with Gasteiger partial charge in [-0.3, -0.25) is 4.79 Å². The Labute approximate surface area is 168 Å². The number of methoxy groups -OCH3 is 1. The Bertz CT molecular complexity index is 524. The van der Waals surface area contributed by atoms with Gasteiger partial charge < -0.3 is 20.7 Å². The van der Waals surface area contributed by atoms with Crippen molar-refractivity contribution < 1.29 is 9.53 Å². The highest BCUT2D eigenvalue weighted by atomic mass is 127. The molecule has 0 fully saturated rings. The fraction of sp³-hybridized carbons (Fsp3) is 0.556. The molecule has 0 heterocycles. The van der Waals surface area contributed by atoms with Crippen molar-refractivity contribution in [2.24, 2.45) is 4.99 Å². The van der Waals surface area contributed by atoms with Gasteiger partial charge in [0.05, 0.1) is 6.54 Å². The lowest BCUT2D eigenvalue weighted by Crippen LogP contribution is -2.38. The summed E-state index contributed by atoms with van der Waals surface area (Å²) >= 11 is 0. The van der Waals surface area contributed by atoms with Gasteiger partial charge in [0.2, 0.25) is 0 Å². The van der Waals surface area contributed by atoms with E-state index in [1.54, 1.807) is 7.11 Å². The van der Waals surface area contributed by atoms with Crippen molar-refractivity contribution in [2.45, 2.75) is 33.2 Å². The molecule has 0 radical (unpaired) electrons. The lowest BCUT2D eigenvalue weighted by molar-refractivity contribution is 0.0953. The van der Waals surface area contributed by atoms with E-state index in [-0.39, 0.29) is 29.9 Å². The van der Waals surface area contributed by atoms with E-state index in [2.05, 4.69) is 20.9 Å². The zero-order valence-electron chi connectivity index (χ0n) is 15.4. The molecule has 3 N–H and O–H groups in total. The zero-order valence-corrected chi connectivity index (χ0v) is 17.8. The molecule has 1 amide bonds. The first-order valence-electron chi connectivity index (χ1n) is 8.59. The Morgan fingerprint density at radius 3 is 2.64 bits per heavy atom. The number of halogens is 1. The van der Waals surface area contributed by atoms with Gasteiger partial charge in [-0.1, -0.05) is 19.1 Å². The topological polar surface area (TPSA) is 74.8 Å². The summed E-state index contributed by atoms with van der Waals surface area (Å²) in [7, 11) is 1.70. The second kappa shape index (κ2) is 14.9. The largest absolute Gasteiger partial charge is 0.385 e. The van der Waals surface area contributed by atoms with Gasteiger partial charge in [-0.15, -0.1) is 24.0 Å². The Morgan fingerprint density at radius 2 is 1.96 bits per heavy atom. The number of amides is 1. The summed E-state index contributed by atoms with van der Waals surface area (Å²) in [4.78, 5) is 16.6. The maximum Gasteiger partial charge on any atom is 0.251 e. The second-order valence-electron chi connectivity index (χ2n) is 5.42. The van der Waals surface area contributed by atoms with Gasteiger partial charge in [0.15, 0.2) is 5.96 Å². The Balaban J connectivity index is 0.00000576. The van der Waals surface area contributed by atoms with Crippen molar-refractivity contribution >= 4 is 35.8 Å². The number of nitrogens with zero attached hydrogens (tertiary/aromatic N) is 1. The van der Waals surface area contributed by atoms with Gasteiger partial charge >= 0.3 is 0 Å². The third-order valence-corrected chi connectivity index (χ3v) is 3.31. The van der Waals surface area contributed by atoms with Crippen molar-refractivity contribution in [3.63, 3.8) is 0 Å². The quantitative estimate of drug-likeness (QED) is 0.216. The minimum atomic E-state index is -0.0349. The molecule has 0 aliphatic rings. The third kappa shape index (κ3) is 10.3. The van der Waals surface area contributed by atoms with Gasteiger partial charge in [-0.25, -0.2) is 4.99 Å². The van der Waals surface area contributed by atoms with E-state index >= 15 is 0 Å². The molecular weight excluding hydrogens is 431 g/mol. The molecule has 0 saturated carbocycles. The monoisotopic (exact) mass is 462 g/mol. The number of benzene rings is 1. The Morgan fingerprint density at radius 1 is 1.16 bits per heavy atom. The number of guanidine groups is 1. The molecule has 1 rings (SSSR count). The van der Waals surface area contributed by atoms with Gasteiger partial charge in [0.25, 0.3) is 5.91 Å². The number of carbonyl (C=O) groups excluding carboxylic acids is 1. The minimum Gasteiger partial charge on any atom is -0.385 e. The molecule has 1 aromatic rings. The summed E-state index contributed by atoms with van der Waals surface area (Å²) in [5.41, 5.74) is 1.68. The molecule has 1 aromatic carbocycles. The van der Waals surface area contributed by atoms with Crippen LogP contribution in [0.1, 0.15) is 42.6 Å². The molecule has 0 unspecified atom stereocenters. The number of ether oxygens (including phenoxy) is 1. The number of hydrogen-bond acceptors (Lipinski definition) is 3. The molecule has 0 saturated heterocycles. The standard InChI is InChI=1S/C18H30N4O2.HI/c1-4-10-20-17(23)16-9-6-8-15(13-16)14-22-18(19-5-2)21-11-7-12-24-3;/h6,8-9,13H,4-5,7,10-12,14H2,1-3H3,(H,20,23)(H2,19,21,22);1H. The van der Waals surface area contributed by atoms with E-state index in [1.165, 1.54) is 0 Å². The summed E-state index contributed by atoms with van der Waals surface area (Å²) < 4.78 is 5.04. The first-order chi connectivity index (χ1) is 11.7. The maximum atomic E-state index is 12.0. The number of nitrogens with one attached hydrogen (secondary N) is 3. The fourth-order valence-corrected chi connectivity index (χ4v) is 2.09. The van der Waals surface area contributed by atoms with Gasteiger partial charge in [-0.2, -0.15) is 0 Å². The van der Waals surface area contributed by atoms with Crippen molar-refractivity contribution in [1.29, 1.82) is 0 Å². The molecule has 25 heavy (non-hydrogen) atoms. The van der Waals surface area contributed by atoms with Crippen LogP contribution in [0.5, 0.6) is 0 Å². The third-order valence-electron chi connectivity index (χ3n) is 3.31. The van der Waals surface area contributed by atoms with E-state index < -0.39 is 0 Å². The molecule has 0 atom stereocenters. The second-order valence-corrected chi connectivity index (χ2v) is 5.42. The van der Waals surface area contributed by atoms with Gasteiger partial charge in [0, 0.05) is 38.9 Å². The van der Waals surface area contributed by atoms with E-state index in [9.17, 15) is 4.79 Å². The van der Waals surface area contributed by atoms with Crippen LogP contribution in [0.3, 0.4) is 0 Å². The van der Waals surface area contributed by atoms with Crippen molar-refractivity contribution in [3.8, 4) is 0 Å². The number of rotatable bonds is 10. The summed E-state index contributed by atoms with van der Waals surface area (Å²) in [5.74, 6) is 0.738. The van der Waals surface area contributed by atoms with Crippen molar-refractivity contribution in [1.82, 2.24) is 16.0 Å². The molecule has 6 nitrogen and oxygen atoms in total. The van der Waals surface area contributed by atoms with Crippen LogP contribution in [0.25, 0.3) is 0 Å². The fourth-order valence-electron chi connectivity index (χ4n) is 2.09. The average Bonchev–Trinajstić information content (AvgIpc) is 2.61. The van der Waals surface area contributed by atoms with E-state index in [4.69, 9.17) is 4.74 Å². The molecule has 0 aliphatic carbocycles. The summed E-state index contributed by atoms with van der Waals surface area (Å²) in [6.45, 7) is 7.61. The number of carbonyl (C=O) groups is 1. The Kier molecular flexibility index (Phi) is 14.1. The van der Waals surface area contributed by atoms with Crippen LogP contribution in [0.15, 0.2) is 29.3 Å². The van der Waals surface area contributed by atoms with Crippen LogP contribution in [-0.2, 0) is 11.3 Å². The summed E-state index contributed by atoms with van der Waals surface area (Å²) in [5, 5.41) is 9.37. The predicted molar refractivity (Wildman–Crippen MR) is 114 cm³/mol. The minimum absolute atomic E-state index is 0.